The molecule has 0 aliphatic rings. The normalized spacial score (nSPS) is 14.4. The zero-order valence-electron chi connectivity index (χ0n) is 12.1. The first-order valence-corrected chi connectivity index (χ1v) is 8.66. The van der Waals surface area contributed by atoms with E-state index in [1.54, 1.807) is 0 Å². The molecule has 124 valence electrons. The third-order valence-corrected chi connectivity index (χ3v) is 4.98. The molecule has 2 aromatic carbocycles. The Balaban J connectivity index is 2.03. The van der Waals surface area contributed by atoms with Crippen molar-refractivity contribution in [2.24, 2.45) is 0 Å². The number of benzene rings is 2. The second kappa shape index (κ2) is 7.16. The highest BCUT2D eigenvalue weighted by molar-refractivity contribution is 7.91. The molecule has 0 aromatic heterocycles. The molecule has 0 bridgehead atoms. The average molecular weight is 342 g/mol. The molecule has 4 nitrogen and oxygen atoms in total. The summed E-state index contributed by atoms with van der Waals surface area (Å²) in [4.78, 5) is 0. The van der Waals surface area contributed by atoms with Crippen molar-refractivity contribution in [3.8, 4) is 0 Å². The van der Waals surface area contributed by atoms with E-state index < -0.39 is 45.2 Å². The Labute approximate surface area is 132 Å². The second-order valence-corrected chi connectivity index (χ2v) is 7.37. The largest absolute Gasteiger partial charge is 0.387 e. The summed E-state index contributed by atoms with van der Waals surface area (Å²) in [7, 11) is -3.78. The van der Waals surface area contributed by atoms with Crippen molar-refractivity contribution in [3.05, 3.63) is 71.3 Å². The SMILES string of the molecule is O=S(=O)(C[C@@H](O)c1ccc(F)cc1)C[C@@H](O)c1ccc(F)cc1. The lowest BCUT2D eigenvalue weighted by atomic mass is 10.1. The summed E-state index contributed by atoms with van der Waals surface area (Å²) in [6.07, 6.45) is -2.64. The van der Waals surface area contributed by atoms with Gasteiger partial charge in [-0.05, 0) is 35.4 Å². The zero-order valence-corrected chi connectivity index (χ0v) is 12.9. The summed E-state index contributed by atoms with van der Waals surface area (Å²) in [5.41, 5.74) is 0.539. The molecule has 0 aliphatic carbocycles. The van der Waals surface area contributed by atoms with Gasteiger partial charge >= 0.3 is 0 Å². The molecule has 23 heavy (non-hydrogen) atoms. The van der Waals surface area contributed by atoms with Gasteiger partial charge in [0.05, 0.1) is 23.7 Å². The average Bonchev–Trinajstić information content (AvgIpc) is 2.47. The standard InChI is InChI=1S/C16H16F2O4S/c17-13-5-1-11(2-6-13)15(19)9-23(21,22)10-16(20)12-3-7-14(18)8-4-12/h1-8,15-16,19-20H,9-10H2/t15-,16-/m1/s1. The lowest BCUT2D eigenvalue weighted by molar-refractivity contribution is 0.194. The van der Waals surface area contributed by atoms with Crippen LogP contribution < -0.4 is 0 Å². The Morgan fingerprint density at radius 3 is 1.35 bits per heavy atom. The molecule has 0 unspecified atom stereocenters. The van der Waals surface area contributed by atoms with Gasteiger partial charge in [-0.1, -0.05) is 24.3 Å². The van der Waals surface area contributed by atoms with Crippen LogP contribution in [0.15, 0.2) is 48.5 Å². The maximum Gasteiger partial charge on any atom is 0.156 e. The van der Waals surface area contributed by atoms with Crippen molar-refractivity contribution in [2.45, 2.75) is 12.2 Å². The van der Waals surface area contributed by atoms with E-state index in [0.29, 0.717) is 0 Å². The predicted molar refractivity (Wildman–Crippen MR) is 81.4 cm³/mol. The van der Waals surface area contributed by atoms with E-state index in [9.17, 15) is 27.4 Å². The Morgan fingerprint density at radius 2 is 1.04 bits per heavy atom. The number of hydrogen-bond donors (Lipinski definition) is 2. The number of aliphatic hydroxyl groups is 2. The smallest absolute Gasteiger partial charge is 0.156 e. The van der Waals surface area contributed by atoms with Gasteiger partial charge in [0.15, 0.2) is 9.84 Å². The molecule has 0 saturated heterocycles. The lowest BCUT2D eigenvalue weighted by Gasteiger charge is -2.15. The fraction of sp³-hybridized carbons (Fsp3) is 0.250. The van der Waals surface area contributed by atoms with Crippen LogP contribution in [-0.2, 0) is 9.84 Å². The van der Waals surface area contributed by atoms with Crippen molar-refractivity contribution in [1.29, 1.82) is 0 Å². The highest BCUT2D eigenvalue weighted by Gasteiger charge is 2.23. The lowest BCUT2D eigenvalue weighted by Crippen LogP contribution is -2.21. The van der Waals surface area contributed by atoms with E-state index in [1.807, 2.05) is 0 Å². The fourth-order valence-electron chi connectivity index (χ4n) is 2.11. The van der Waals surface area contributed by atoms with Crippen molar-refractivity contribution < 1.29 is 27.4 Å². The van der Waals surface area contributed by atoms with Crippen LogP contribution in [0, 0.1) is 11.6 Å². The Kier molecular flexibility index (Phi) is 5.46. The van der Waals surface area contributed by atoms with Gasteiger partial charge in [0, 0.05) is 0 Å². The van der Waals surface area contributed by atoms with Gasteiger partial charge in [-0.3, -0.25) is 0 Å². The van der Waals surface area contributed by atoms with Crippen LogP contribution in [0.25, 0.3) is 0 Å². The number of rotatable bonds is 6. The van der Waals surface area contributed by atoms with E-state index in [4.69, 9.17) is 0 Å². The topological polar surface area (TPSA) is 74.6 Å². The van der Waals surface area contributed by atoms with E-state index in [2.05, 4.69) is 0 Å². The molecular weight excluding hydrogens is 326 g/mol. The Bertz CT molecular complexity index is 683. The minimum absolute atomic E-state index is 0.270. The Morgan fingerprint density at radius 1 is 0.739 bits per heavy atom. The van der Waals surface area contributed by atoms with Gasteiger partial charge in [-0.15, -0.1) is 0 Å². The molecule has 0 aliphatic heterocycles. The van der Waals surface area contributed by atoms with Crippen LogP contribution in [0.1, 0.15) is 23.3 Å². The maximum atomic E-state index is 12.8. The van der Waals surface area contributed by atoms with Gasteiger partial charge in [0.1, 0.15) is 11.6 Å². The van der Waals surface area contributed by atoms with E-state index in [0.717, 1.165) is 24.3 Å². The molecule has 2 rings (SSSR count). The van der Waals surface area contributed by atoms with Crippen molar-refractivity contribution in [3.63, 3.8) is 0 Å². The molecule has 0 saturated carbocycles. The summed E-state index contributed by atoms with van der Waals surface area (Å²) < 4.78 is 49.8. The first-order valence-electron chi connectivity index (χ1n) is 6.84. The first-order chi connectivity index (χ1) is 10.8. The van der Waals surface area contributed by atoms with Crippen LogP contribution in [0.4, 0.5) is 8.78 Å². The van der Waals surface area contributed by atoms with Gasteiger partial charge in [-0.2, -0.15) is 0 Å². The highest BCUT2D eigenvalue weighted by atomic mass is 32.2. The summed E-state index contributed by atoms with van der Waals surface area (Å²) >= 11 is 0. The molecule has 0 amide bonds. The summed E-state index contributed by atoms with van der Waals surface area (Å²) in [5.74, 6) is -2.18. The van der Waals surface area contributed by atoms with Crippen LogP contribution in [-0.4, -0.2) is 30.1 Å². The van der Waals surface area contributed by atoms with Gasteiger partial charge in [-0.25, -0.2) is 17.2 Å². The summed E-state index contributed by atoms with van der Waals surface area (Å²) in [5, 5.41) is 19.9. The van der Waals surface area contributed by atoms with Crippen LogP contribution >= 0.6 is 0 Å². The van der Waals surface area contributed by atoms with Crippen LogP contribution in [0.5, 0.6) is 0 Å². The molecule has 2 atom stereocenters. The first kappa shape index (κ1) is 17.5. The molecular formula is C16H16F2O4S. The third kappa shape index (κ3) is 5.09. The minimum atomic E-state index is -3.78. The minimum Gasteiger partial charge on any atom is -0.387 e. The molecule has 0 spiro atoms. The molecule has 2 aromatic rings. The predicted octanol–water partition coefficient (Wildman–Crippen LogP) is 2.15. The van der Waals surface area contributed by atoms with Crippen molar-refractivity contribution in [1.82, 2.24) is 0 Å². The molecule has 0 radical (unpaired) electrons. The van der Waals surface area contributed by atoms with E-state index in [1.165, 1.54) is 24.3 Å². The Hall–Kier alpha value is -1.83. The number of hydrogen-bond acceptors (Lipinski definition) is 4. The van der Waals surface area contributed by atoms with E-state index in [-0.39, 0.29) is 11.1 Å². The van der Waals surface area contributed by atoms with Crippen molar-refractivity contribution >= 4 is 9.84 Å². The summed E-state index contributed by atoms with van der Waals surface area (Å²) in [6.45, 7) is 0. The second-order valence-electron chi connectivity index (χ2n) is 5.21. The summed E-state index contributed by atoms with van der Waals surface area (Å²) in [6, 6.07) is 9.68. The van der Waals surface area contributed by atoms with Gasteiger partial charge < -0.3 is 10.2 Å². The third-order valence-electron chi connectivity index (χ3n) is 3.33. The van der Waals surface area contributed by atoms with Crippen molar-refractivity contribution in [2.75, 3.05) is 11.5 Å². The maximum absolute atomic E-state index is 12.8. The molecule has 0 heterocycles. The highest BCUT2D eigenvalue weighted by Crippen LogP contribution is 2.20. The van der Waals surface area contributed by atoms with E-state index >= 15 is 0 Å². The van der Waals surface area contributed by atoms with Gasteiger partial charge in [0.25, 0.3) is 0 Å². The molecule has 0 fully saturated rings. The van der Waals surface area contributed by atoms with Crippen LogP contribution in [0.2, 0.25) is 0 Å². The molecule has 7 heteroatoms. The quantitative estimate of drug-likeness (QED) is 0.843. The zero-order chi connectivity index (χ0) is 17.0. The number of halogens is 2. The fourth-order valence-corrected chi connectivity index (χ4v) is 3.59. The monoisotopic (exact) mass is 342 g/mol. The number of sulfone groups is 1. The number of aliphatic hydroxyl groups excluding tert-OH is 2. The molecule has 2 N–H and O–H groups in total. The van der Waals surface area contributed by atoms with Gasteiger partial charge in [0.2, 0.25) is 0 Å². The van der Waals surface area contributed by atoms with Crippen LogP contribution in [0.3, 0.4) is 0 Å².